The average molecular weight is 234 g/mol. The van der Waals surface area contributed by atoms with Crippen LogP contribution in [-0.2, 0) is 0 Å². The number of benzene rings is 1. The van der Waals surface area contributed by atoms with Crippen LogP contribution >= 0.6 is 0 Å². The molecular formula is C10H11AsN2. The summed E-state index contributed by atoms with van der Waals surface area (Å²) in [6.07, 6.45) is 1.86. The monoisotopic (exact) mass is 234 g/mol. The first-order chi connectivity index (χ1) is 6.35. The number of nitrogens with zero attached hydrogens (tertiary/aromatic N) is 1. The van der Waals surface area contributed by atoms with Crippen molar-refractivity contribution in [1.29, 1.82) is 0 Å². The zero-order valence-corrected chi connectivity index (χ0v) is 9.56. The molecule has 66 valence electrons. The van der Waals surface area contributed by atoms with Gasteiger partial charge in [-0.1, -0.05) is 0 Å². The predicted molar refractivity (Wildman–Crippen MR) is 58.8 cm³/mol. The minimum atomic E-state index is -0.0797. The average Bonchev–Trinajstić information content (AvgIpc) is 2.59. The molecule has 2 nitrogen and oxygen atoms in total. The second-order valence-corrected chi connectivity index (χ2v) is 4.82. The minimum absolute atomic E-state index is 0.0797. The number of fused-ring (bicyclic) bond motifs is 1. The first kappa shape index (κ1) is 8.58. The standard InChI is InChI=1S/C10H11AsN2/c1-3-7-5-4-6-8-9(7)13-10(11-2)12-8/h3-6,11H,1H2,2H3,(H,12,13). The van der Waals surface area contributed by atoms with E-state index in [2.05, 4.69) is 22.3 Å². The van der Waals surface area contributed by atoms with Crippen LogP contribution < -0.4 is 4.61 Å². The molecule has 0 aliphatic rings. The van der Waals surface area contributed by atoms with Crippen molar-refractivity contribution in [2.45, 2.75) is 5.71 Å². The van der Waals surface area contributed by atoms with Crippen molar-refractivity contribution in [2.24, 2.45) is 0 Å². The van der Waals surface area contributed by atoms with Gasteiger partial charge in [-0.05, 0) is 0 Å². The van der Waals surface area contributed by atoms with Crippen LogP contribution in [0.5, 0.6) is 0 Å². The van der Waals surface area contributed by atoms with E-state index in [4.69, 9.17) is 0 Å². The second-order valence-electron chi connectivity index (χ2n) is 2.78. The van der Waals surface area contributed by atoms with Crippen LogP contribution in [0, 0.1) is 0 Å². The van der Waals surface area contributed by atoms with Gasteiger partial charge in [-0.2, -0.15) is 0 Å². The summed E-state index contributed by atoms with van der Waals surface area (Å²) in [6.45, 7) is 3.78. The molecule has 1 aromatic heterocycles. The summed E-state index contributed by atoms with van der Waals surface area (Å²) in [6, 6.07) is 6.09. The SMILES string of the molecule is C=Cc1cccc2nc([AsH]C)[nH]c12. The molecule has 0 radical (unpaired) electrons. The molecule has 0 saturated carbocycles. The van der Waals surface area contributed by atoms with E-state index in [9.17, 15) is 0 Å². The first-order valence-electron chi connectivity index (χ1n) is 4.14. The Kier molecular flexibility index (Phi) is 2.24. The van der Waals surface area contributed by atoms with E-state index in [1.165, 1.54) is 0 Å². The molecule has 3 heteroatoms. The fourth-order valence-electron chi connectivity index (χ4n) is 1.34. The van der Waals surface area contributed by atoms with Gasteiger partial charge in [-0.15, -0.1) is 0 Å². The number of imidazole rings is 1. The fourth-order valence-corrected chi connectivity index (χ4v) is 2.35. The van der Waals surface area contributed by atoms with Gasteiger partial charge in [0.1, 0.15) is 0 Å². The van der Waals surface area contributed by atoms with Gasteiger partial charge in [0.05, 0.1) is 0 Å². The van der Waals surface area contributed by atoms with Gasteiger partial charge in [-0.25, -0.2) is 0 Å². The second kappa shape index (κ2) is 3.39. The zero-order chi connectivity index (χ0) is 9.26. The van der Waals surface area contributed by atoms with Crippen LogP contribution in [0.4, 0.5) is 0 Å². The number of para-hydroxylation sites is 1. The Labute approximate surface area is 83.8 Å². The quantitative estimate of drug-likeness (QED) is 0.780. The van der Waals surface area contributed by atoms with Gasteiger partial charge in [0, 0.05) is 0 Å². The van der Waals surface area contributed by atoms with Crippen LogP contribution in [0.1, 0.15) is 5.56 Å². The summed E-state index contributed by atoms with van der Waals surface area (Å²) in [5.74, 6) is 0. The van der Waals surface area contributed by atoms with Crippen LogP contribution in [0.3, 0.4) is 0 Å². The van der Waals surface area contributed by atoms with Crippen molar-refractivity contribution in [3.8, 4) is 0 Å². The molecule has 0 bridgehead atoms. The number of aromatic nitrogens is 2. The normalized spacial score (nSPS) is 11.5. The Hall–Kier alpha value is -1.01. The topological polar surface area (TPSA) is 28.7 Å². The van der Waals surface area contributed by atoms with E-state index in [0.717, 1.165) is 21.2 Å². The van der Waals surface area contributed by atoms with E-state index < -0.39 is 0 Å². The van der Waals surface area contributed by atoms with Crippen molar-refractivity contribution in [2.75, 3.05) is 0 Å². The molecule has 1 heterocycles. The van der Waals surface area contributed by atoms with Crippen molar-refractivity contribution >= 4 is 37.5 Å². The molecule has 1 unspecified atom stereocenters. The molecule has 0 aliphatic carbocycles. The van der Waals surface area contributed by atoms with Gasteiger partial charge in [0.15, 0.2) is 0 Å². The van der Waals surface area contributed by atoms with Gasteiger partial charge < -0.3 is 0 Å². The van der Waals surface area contributed by atoms with Gasteiger partial charge in [0.25, 0.3) is 0 Å². The van der Waals surface area contributed by atoms with Crippen molar-refractivity contribution in [1.82, 2.24) is 9.97 Å². The van der Waals surface area contributed by atoms with E-state index in [0.29, 0.717) is 0 Å². The molecule has 0 aliphatic heterocycles. The summed E-state index contributed by atoms with van der Waals surface area (Å²) in [4.78, 5) is 7.83. The Bertz CT molecular complexity index is 445. The number of rotatable bonds is 2. The maximum absolute atomic E-state index is 4.49. The first-order valence-corrected chi connectivity index (χ1v) is 7.29. The van der Waals surface area contributed by atoms with Crippen LogP contribution in [0.2, 0.25) is 5.71 Å². The molecule has 1 aromatic carbocycles. The fraction of sp³-hybridized carbons (Fsp3) is 0.100. The number of H-pyrrole nitrogens is 1. The molecule has 2 aromatic rings. The number of hydrogen-bond donors (Lipinski definition) is 1. The van der Waals surface area contributed by atoms with Crippen LogP contribution in [-0.4, -0.2) is 25.7 Å². The third-order valence-corrected chi connectivity index (χ3v) is 3.50. The molecule has 2 rings (SSSR count). The molecule has 0 amide bonds. The summed E-state index contributed by atoms with van der Waals surface area (Å²) in [5, 5.41) is 0. The molecular weight excluding hydrogens is 223 g/mol. The van der Waals surface area contributed by atoms with Crippen molar-refractivity contribution in [3.63, 3.8) is 0 Å². The number of hydrogen-bond acceptors (Lipinski definition) is 1. The summed E-state index contributed by atoms with van der Waals surface area (Å²) >= 11 is -0.0797. The molecule has 0 spiro atoms. The van der Waals surface area contributed by atoms with E-state index in [1.54, 1.807) is 0 Å². The maximum atomic E-state index is 4.49. The van der Waals surface area contributed by atoms with Crippen LogP contribution in [0.25, 0.3) is 17.1 Å². The number of aromatic amines is 1. The van der Waals surface area contributed by atoms with Crippen molar-refractivity contribution < 1.29 is 0 Å². The third kappa shape index (κ3) is 1.42. The van der Waals surface area contributed by atoms with Crippen molar-refractivity contribution in [3.05, 3.63) is 30.3 Å². The predicted octanol–water partition coefficient (Wildman–Crippen LogP) is 1.32. The Balaban J connectivity index is 2.74. The molecule has 13 heavy (non-hydrogen) atoms. The van der Waals surface area contributed by atoms with Crippen LogP contribution in [0.15, 0.2) is 24.8 Å². The summed E-state index contributed by atoms with van der Waals surface area (Å²) in [7, 11) is 0. The molecule has 1 atom stereocenters. The van der Waals surface area contributed by atoms with Gasteiger partial charge >= 0.3 is 83.5 Å². The summed E-state index contributed by atoms with van der Waals surface area (Å²) < 4.78 is 1.16. The van der Waals surface area contributed by atoms with E-state index in [1.807, 2.05) is 24.3 Å². The Morgan fingerprint density at radius 3 is 3.08 bits per heavy atom. The third-order valence-electron chi connectivity index (χ3n) is 2.01. The van der Waals surface area contributed by atoms with E-state index in [-0.39, 0.29) is 15.8 Å². The molecule has 0 saturated heterocycles. The molecule has 1 N–H and O–H groups in total. The number of nitrogens with one attached hydrogen (secondary N) is 1. The summed E-state index contributed by atoms with van der Waals surface area (Å²) in [5.41, 5.74) is 5.53. The Morgan fingerprint density at radius 2 is 2.38 bits per heavy atom. The Morgan fingerprint density at radius 1 is 1.54 bits per heavy atom. The molecule has 0 fully saturated rings. The van der Waals surface area contributed by atoms with Gasteiger partial charge in [-0.3, -0.25) is 0 Å². The zero-order valence-electron chi connectivity index (χ0n) is 7.46. The van der Waals surface area contributed by atoms with E-state index >= 15 is 0 Å². The van der Waals surface area contributed by atoms with Gasteiger partial charge in [0.2, 0.25) is 0 Å².